The number of nitrogens with two attached hydrogens (primary N) is 1. The summed E-state index contributed by atoms with van der Waals surface area (Å²) in [6, 6.07) is 13.3. The fourth-order valence-corrected chi connectivity index (χ4v) is 3.01. The summed E-state index contributed by atoms with van der Waals surface area (Å²) in [4.78, 5) is 20.8. The van der Waals surface area contributed by atoms with E-state index in [1.54, 1.807) is 21.8 Å². The number of anilines is 2. The van der Waals surface area contributed by atoms with Gasteiger partial charge in [0.15, 0.2) is 0 Å². The van der Waals surface area contributed by atoms with E-state index in [-0.39, 0.29) is 18.4 Å². The zero-order valence-corrected chi connectivity index (χ0v) is 16.1. The molecule has 3 N–H and O–H groups in total. The number of aromatic nitrogens is 6. The van der Waals surface area contributed by atoms with E-state index in [1.165, 1.54) is 0 Å². The predicted molar refractivity (Wildman–Crippen MR) is 109 cm³/mol. The molecule has 0 aliphatic heterocycles. The summed E-state index contributed by atoms with van der Waals surface area (Å²) in [6.45, 7) is 3.78. The van der Waals surface area contributed by atoms with Crippen LogP contribution in [0.5, 0.6) is 0 Å². The highest BCUT2D eigenvalue weighted by Crippen LogP contribution is 2.19. The molecule has 0 saturated heterocycles. The Morgan fingerprint density at radius 2 is 1.90 bits per heavy atom. The Bertz CT molecular complexity index is 1140. The van der Waals surface area contributed by atoms with Gasteiger partial charge in [-0.3, -0.25) is 9.48 Å². The van der Waals surface area contributed by atoms with Crippen molar-refractivity contribution in [2.75, 3.05) is 11.1 Å². The van der Waals surface area contributed by atoms with Crippen LogP contribution in [-0.2, 0) is 11.3 Å². The Labute approximate surface area is 167 Å². The molecule has 29 heavy (non-hydrogen) atoms. The number of nitrogen functional groups attached to an aromatic ring is 1. The second-order valence-electron chi connectivity index (χ2n) is 6.65. The maximum atomic E-state index is 12.6. The number of nitrogens with zero attached hydrogens (tertiary/aromatic N) is 6. The van der Waals surface area contributed by atoms with Crippen LogP contribution in [0, 0.1) is 13.8 Å². The van der Waals surface area contributed by atoms with Gasteiger partial charge in [-0.15, -0.1) is 0 Å². The molecule has 3 aromatic heterocycles. The smallest absolute Gasteiger partial charge is 0.247 e. The molecule has 3 heterocycles. The van der Waals surface area contributed by atoms with E-state index in [1.807, 2.05) is 56.3 Å². The normalized spacial score (nSPS) is 10.8. The van der Waals surface area contributed by atoms with Gasteiger partial charge in [-0.2, -0.15) is 10.2 Å². The SMILES string of the molecule is Cc1cc(-c2cnn(CC(=O)Nc3cc(C)nn3-c3ccccc3)c2)nc(N)n1. The molecule has 9 heteroatoms. The second-order valence-corrected chi connectivity index (χ2v) is 6.65. The van der Waals surface area contributed by atoms with Gasteiger partial charge in [0.05, 0.1) is 23.3 Å². The third kappa shape index (κ3) is 4.13. The Morgan fingerprint density at radius 3 is 2.66 bits per heavy atom. The van der Waals surface area contributed by atoms with E-state index in [0.717, 1.165) is 22.6 Å². The number of rotatable bonds is 5. The highest BCUT2D eigenvalue weighted by Gasteiger charge is 2.13. The number of nitrogens with one attached hydrogen (secondary N) is 1. The molecule has 4 rings (SSSR count). The molecular weight excluding hydrogens is 368 g/mol. The molecule has 0 aliphatic carbocycles. The van der Waals surface area contributed by atoms with Crippen molar-refractivity contribution in [1.29, 1.82) is 0 Å². The van der Waals surface area contributed by atoms with Gasteiger partial charge < -0.3 is 11.1 Å². The standard InChI is InChI=1S/C20H20N8O/c1-13-8-17(24-20(21)23-13)15-10-22-27(11-15)12-19(29)25-18-9-14(2)26-28(18)16-6-4-3-5-7-16/h3-11H,12H2,1-2H3,(H,25,29)(H2,21,23,24). The maximum absolute atomic E-state index is 12.6. The molecule has 4 aromatic rings. The van der Waals surface area contributed by atoms with Crippen molar-refractivity contribution in [2.45, 2.75) is 20.4 Å². The minimum Gasteiger partial charge on any atom is -0.368 e. The van der Waals surface area contributed by atoms with Gasteiger partial charge >= 0.3 is 0 Å². The van der Waals surface area contributed by atoms with Gasteiger partial charge in [-0.25, -0.2) is 14.6 Å². The number of para-hydroxylation sites is 1. The first-order valence-corrected chi connectivity index (χ1v) is 9.04. The van der Waals surface area contributed by atoms with Crippen LogP contribution >= 0.6 is 0 Å². The van der Waals surface area contributed by atoms with Crippen molar-refractivity contribution < 1.29 is 4.79 Å². The molecule has 9 nitrogen and oxygen atoms in total. The van der Waals surface area contributed by atoms with Gasteiger partial charge in [0.2, 0.25) is 11.9 Å². The summed E-state index contributed by atoms with van der Waals surface area (Å²) in [5.74, 6) is 0.593. The van der Waals surface area contributed by atoms with Crippen LogP contribution in [0.15, 0.2) is 54.9 Å². The van der Waals surface area contributed by atoms with Crippen molar-refractivity contribution in [3.63, 3.8) is 0 Å². The molecule has 1 aromatic carbocycles. The predicted octanol–water partition coefficient (Wildman–Crippen LogP) is 2.36. The van der Waals surface area contributed by atoms with Gasteiger partial charge in [0.25, 0.3) is 0 Å². The summed E-state index contributed by atoms with van der Waals surface area (Å²) in [6.07, 6.45) is 3.40. The van der Waals surface area contributed by atoms with Crippen molar-refractivity contribution >= 4 is 17.7 Å². The number of hydrogen-bond acceptors (Lipinski definition) is 6. The average molecular weight is 388 g/mol. The number of benzene rings is 1. The molecule has 0 radical (unpaired) electrons. The lowest BCUT2D eigenvalue weighted by atomic mass is 10.2. The maximum Gasteiger partial charge on any atom is 0.247 e. The molecule has 1 amide bonds. The molecule has 0 aliphatic rings. The Balaban J connectivity index is 1.50. The molecule has 0 saturated carbocycles. The molecule has 146 valence electrons. The topological polar surface area (TPSA) is 117 Å². The average Bonchev–Trinajstić information content (AvgIpc) is 3.28. The van der Waals surface area contributed by atoms with E-state index < -0.39 is 0 Å². The minimum atomic E-state index is -0.213. The summed E-state index contributed by atoms with van der Waals surface area (Å²) in [5, 5.41) is 11.6. The van der Waals surface area contributed by atoms with Crippen molar-refractivity contribution in [3.05, 3.63) is 66.2 Å². The number of hydrogen-bond donors (Lipinski definition) is 2. The largest absolute Gasteiger partial charge is 0.368 e. The van der Waals surface area contributed by atoms with Crippen molar-refractivity contribution in [3.8, 4) is 16.9 Å². The fourth-order valence-electron chi connectivity index (χ4n) is 3.01. The van der Waals surface area contributed by atoms with Gasteiger partial charge in [-0.05, 0) is 32.0 Å². The lowest BCUT2D eigenvalue weighted by Gasteiger charge is -2.09. The van der Waals surface area contributed by atoms with Gasteiger partial charge in [-0.1, -0.05) is 18.2 Å². The van der Waals surface area contributed by atoms with Crippen LogP contribution in [0.1, 0.15) is 11.4 Å². The van der Waals surface area contributed by atoms with Gasteiger partial charge in [0, 0.05) is 23.5 Å². The number of carbonyl (C=O) groups excluding carboxylic acids is 1. The first kappa shape index (κ1) is 18.4. The molecule has 0 bridgehead atoms. The van der Waals surface area contributed by atoms with Crippen LogP contribution in [0.4, 0.5) is 11.8 Å². The Hall–Kier alpha value is -4.01. The first-order chi connectivity index (χ1) is 14.0. The number of aryl methyl sites for hydroxylation is 2. The summed E-state index contributed by atoms with van der Waals surface area (Å²) < 4.78 is 3.25. The van der Waals surface area contributed by atoms with Crippen LogP contribution in [0.3, 0.4) is 0 Å². The van der Waals surface area contributed by atoms with E-state index in [4.69, 9.17) is 5.73 Å². The van der Waals surface area contributed by atoms with Crippen LogP contribution < -0.4 is 11.1 Å². The minimum absolute atomic E-state index is 0.0541. The summed E-state index contributed by atoms with van der Waals surface area (Å²) in [5.41, 5.74) is 9.59. The van der Waals surface area contributed by atoms with E-state index in [9.17, 15) is 4.79 Å². The Morgan fingerprint density at radius 1 is 1.10 bits per heavy atom. The lowest BCUT2D eigenvalue weighted by molar-refractivity contribution is -0.116. The van der Waals surface area contributed by atoms with Crippen LogP contribution in [0.2, 0.25) is 0 Å². The fraction of sp³-hybridized carbons (Fsp3) is 0.150. The quantitative estimate of drug-likeness (QED) is 0.542. The zero-order chi connectivity index (χ0) is 20.4. The van der Waals surface area contributed by atoms with Crippen LogP contribution in [0.25, 0.3) is 16.9 Å². The van der Waals surface area contributed by atoms with E-state index in [0.29, 0.717) is 11.5 Å². The summed E-state index contributed by atoms with van der Waals surface area (Å²) in [7, 11) is 0. The molecule has 0 spiro atoms. The molecule has 0 unspecified atom stereocenters. The molecule has 0 atom stereocenters. The van der Waals surface area contributed by atoms with Crippen LogP contribution in [-0.4, -0.2) is 35.4 Å². The Kier molecular flexibility index (Phi) is 4.78. The van der Waals surface area contributed by atoms with E-state index >= 15 is 0 Å². The van der Waals surface area contributed by atoms with Gasteiger partial charge in [0.1, 0.15) is 12.4 Å². The zero-order valence-electron chi connectivity index (χ0n) is 16.1. The monoisotopic (exact) mass is 388 g/mol. The highest BCUT2D eigenvalue weighted by atomic mass is 16.2. The molecule has 0 fully saturated rings. The second kappa shape index (κ2) is 7.55. The highest BCUT2D eigenvalue weighted by molar-refractivity contribution is 5.90. The number of amides is 1. The lowest BCUT2D eigenvalue weighted by Crippen LogP contribution is -2.20. The summed E-state index contributed by atoms with van der Waals surface area (Å²) >= 11 is 0. The first-order valence-electron chi connectivity index (χ1n) is 9.04. The molecular formula is C20H20N8O. The van der Waals surface area contributed by atoms with Crippen molar-refractivity contribution in [2.24, 2.45) is 0 Å². The number of carbonyl (C=O) groups is 1. The third-order valence-electron chi connectivity index (χ3n) is 4.21. The van der Waals surface area contributed by atoms with Crippen molar-refractivity contribution in [1.82, 2.24) is 29.5 Å². The van der Waals surface area contributed by atoms with E-state index in [2.05, 4.69) is 25.5 Å². The third-order valence-corrected chi connectivity index (χ3v) is 4.21.